The van der Waals surface area contributed by atoms with Crippen molar-refractivity contribution in [3.8, 4) is 0 Å². The summed E-state index contributed by atoms with van der Waals surface area (Å²) in [5, 5.41) is 0. The molecule has 12 atom stereocenters. The van der Waals surface area contributed by atoms with Crippen LogP contribution in [0.2, 0.25) is 0 Å². The van der Waals surface area contributed by atoms with Gasteiger partial charge < -0.3 is 38.4 Å². The first-order chi connectivity index (χ1) is 55.0. The summed E-state index contributed by atoms with van der Waals surface area (Å²) in [6.45, 7) is 81.9. The fraction of sp³-hybridized carbons (Fsp3) is 0.946. The number of piperazine rings is 5. The van der Waals surface area contributed by atoms with Crippen LogP contribution in [0.25, 0.3) is 0 Å². The Kier molecular flexibility index (Phi) is 38.1. The number of hydrogen-bond donors (Lipinski definition) is 0. The third kappa shape index (κ3) is 27.5. The number of carbonyl (C=O) groups is 2. The minimum atomic E-state index is 0.369. The van der Waals surface area contributed by atoms with Gasteiger partial charge in [0.05, 0.1) is 32.0 Å². The molecule has 1 aromatic rings. The van der Waals surface area contributed by atoms with Crippen LogP contribution in [0, 0.1) is 23.7 Å². The van der Waals surface area contributed by atoms with Crippen molar-refractivity contribution in [1.29, 1.82) is 0 Å². The van der Waals surface area contributed by atoms with Gasteiger partial charge in [0.1, 0.15) is 5.82 Å². The SMILES string of the molecule is CC(C)CC1CN(C(C)C)CC2CCCN21.CC(C)N1CC2CCN(C)C2C1.CC(C)N1CCC2CCOC2C1.CC(C)N1CCC2OCCC2C1.CC(C)N1CCN2C(=O)CCC2C1.CC(C)N1CCN2C(=O)CCC2C1.CC(C)N1CCN2CCCC2C1.CC(C)N1CCN2CCOCC2C1.CC(C)N1CCn2ccnc2C1. The molecule has 22 heteroatoms. The molecule has 664 valence electrons. The number of ether oxygens (including phenoxy) is 3. The second kappa shape index (κ2) is 46.3. The maximum absolute atomic E-state index is 11.4. The lowest BCUT2D eigenvalue weighted by Crippen LogP contribution is -2.59. The molecule has 0 aromatic carbocycles. The quantitative estimate of drug-likeness (QED) is 0.208. The zero-order valence-corrected chi connectivity index (χ0v) is 77.8. The van der Waals surface area contributed by atoms with Gasteiger partial charge in [0.15, 0.2) is 0 Å². The monoisotopic (exact) mass is 1610 g/mol. The van der Waals surface area contributed by atoms with E-state index in [1.807, 2.05) is 6.20 Å². The number of morpholine rings is 1. The van der Waals surface area contributed by atoms with E-state index in [1.54, 1.807) is 0 Å². The van der Waals surface area contributed by atoms with Crippen LogP contribution in [0.4, 0.5) is 0 Å². The van der Waals surface area contributed by atoms with Crippen molar-refractivity contribution in [2.24, 2.45) is 23.7 Å². The summed E-state index contributed by atoms with van der Waals surface area (Å²) in [6.07, 6.45) is 22.5. The van der Waals surface area contributed by atoms with Gasteiger partial charge in [0.25, 0.3) is 0 Å². The molecule has 0 spiro atoms. The Labute approximate surface area is 704 Å². The van der Waals surface area contributed by atoms with E-state index in [0.717, 1.165) is 184 Å². The number of piperidine rings is 2. The van der Waals surface area contributed by atoms with Crippen LogP contribution in [0.15, 0.2) is 12.4 Å². The Morgan fingerprint density at radius 2 is 0.843 bits per heavy atom. The van der Waals surface area contributed by atoms with E-state index >= 15 is 0 Å². The lowest BCUT2D eigenvalue weighted by Gasteiger charge is -2.46. The number of aromatic nitrogens is 2. The van der Waals surface area contributed by atoms with Gasteiger partial charge in [-0.2, -0.15) is 0 Å². The molecule has 2 amide bonds. The normalized spacial score (nSPS) is 32.0. The number of rotatable bonds is 11. The van der Waals surface area contributed by atoms with E-state index in [1.165, 1.54) is 181 Å². The molecule has 18 rings (SSSR count). The van der Waals surface area contributed by atoms with E-state index in [9.17, 15) is 9.59 Å². The number of nitrogens with zero attached hydrogens (tertiary/aromatic N) is 17. The number of imidazole rings is 1. The molecule has 0 saturated carbocycles. The van der Waals surface area contributed by atoms with Crippen molar-refractivity contribution in [1.82, 2.24) is 83.0 Å². The second-order valence-corrected chi connectivity index (χ2v) is 40.8. The summed E-state index contributed by atoms with van der Waals surface area (Å²) in [4.78, 5) is 64.8. The van der Waals surface area contributed by atoms with Gasteiger partial charge >= 0.3 is 0 Å². The van der Waals surface area contributed by atoms with Crippen molar-refractivity contribution in [2.75, 3.05) is 197 Å². The number of fused-ring (bicyclic) bond motifs is 9. The zero-order valence-electron chi connectivity index (χ0n) is 77.8. The van der Waals surface area contributed by atoms with Crippen LogP contribution in [-0.4, -0.2) is 401 Å². The smallest absolute Gasteiger partial charge is 0.222 e. The minimum absolute atomic E-state index is 0.369. The molecular formula is C93H177N17O5. The molecule has 12 unspecified atom stereocenters. The Morgan fingerprint density at radius 1 is 0.374 bits per heavy atom. The minimum Gasteiger partial charge on any atom is -0.378 e. The van der Waals surface area contributed by atoms with E-state index in [-0.39, 0.29) is 0 Å². The van der Waals surface area contributed by atoms with Gasteiger partial charge in [-0.15, -0.1) is 0 Å². The molecule has 17 aliphatic heterocycles. The molecule has 16 saturated heterocycles. The molecule has 0 bridgehead atoms. The first-order valence-electron chi connectivity index (χ1n) is 48.0. The van der Waals surface area contributed by atoms with Crippen molar-refractivity contribution < 1.29 is 23.8 Å². The average Bonchev–Trinajstić information content (AvgIpc) is 1.65. The highest BCUT2D eigenvalue weighted by Crippen LogP contribution is 2.35. The predicted octanol–water partition coefficient (Wildman–Crippen LogP) is 10.7. The maximum Gasteiger partial charge on any atom is 0.222 e. The zero-order chi connectivity index (χ0) is 82.7. The average molecular weight is 1610 g/mol. The highest BCUT2D eigenvalue weighted by atomic mass is 16.5. The topological polar surface area (TPSA) is 128 Å². The first kappa shape index (κ1) is 94.8. The van der Waals surface area contributed by atoms with Crippen LogP contribution in [0.3, 0.4) is 0 Å². The Balaban J connectivity index is 0.000000137. The first-order valence-corrected chi connectivity index (χ1v) is 48.0. The van der Waals surface area contributed by atoms with Gasteiger partial charge in [0.2, 0.25) is 11.8 Å². The molecule has 1 aromatic heterocycles. The van der Waals surface area contributed by atoms with E-state index in [2.05, 4.69) is 235 Å². The molecule has 0 N–H and O–H groups in total. The summed E-state index contributed by atoms with van der Waals surface area (Å²) >= 11 is 0. The summed E-state index contributed by atoms with van der Waals surface area (Å²) in [6, 6.07) is 11.3. The van der Waals surface area contributed by atoms with E-state index in [4.69, 9.17) is 14.2 Å². The molecule has 0 aliphatic carbocycles. The number of amides is 2. The molecule has 18 heterocycles. The summed E-state index contributed by atoms with van der Waals surface area (Å²) < 4.78 is 19.1. The number of likely N-dealkylation sites (N-methyl/N-ethyl adjacent to an activating group) is 1. The molecule has 22 nitrogen and oxygen atoms in total. The van der Waals surface area contributed by atoms with Gasteiger partial charge in [-0.3, -0.25) is 63.5 Å². The van der Waals surface area contributed by atoms with Gasteiger partial charge in [0, 0.05) is 285 Å². The molecule has 17 aliphatic rings. The van der Waals surface area contributed by atoms with Crippen LogP contribution in [0.5, 0.6) is 0 Å². The van der Waals surface area contributed by atoms with Gasteiger partial charge in [-0.25, -0.2) is 4.98 Å². The van der Waals surface area contributed by atoms with Crippen molar-refractivity contribution in [3.05, 3.63) is 18.2 Å². The fourth-order valence-corrected chi connectivity index (χ4v) is 21.9. The van der Waals surface area contributed by atoms with Gasteiger partial charge in [-0.05, 0) is 253 Å². The maximum atomic E-state index is 11.4. The predicted molar refractivity (Wildman–Crippen MR) is 474 cm³/mol. The Bertz CT molecular complexity index is 2790. The number of likely N-dealkylation sites (tertiary alicyclic amines) is 4. The Morgan fingerprint density at radius 3 is 1.43 bits per heavy atom. The fourth-order valence-electron chi connectivity index (χ4n) is 21.9. The molecule has 0 radical (unpaired) electrons. The van der Waals surface area contributed by atoms with Crippen molar-refractivity contribution in [3.63, 3.8) is 0 Å². The number of carbonyl (C=O) groups excluding carboxylic acids is 2. The summed E-state index contributed by atoms with van der Waals surface area (Å²) in [7, 11) is 2.27. The lowest BCUT2D eigenvalue weighted by atomic mass is 9.93. The van der Waals surface area contributed by atoms with Crippen molar-refractivity contribution in [2.45, 2.75) is 350 Å². The van der Waals surface area contributed by atoms with Gasteiger partial charge in [-0.1, -0.05) is 13.8 Å². The van der Waals surface area contributed by atoms with Crippen LogP contribution in [0.1, 0.15) is 234 Å². The van der Waals surface area contributed by atoms with E-state index in [0.29, 0.717) is 78.4 Å². The second-order valence-electron chi connectivity index (χ2n) is 40.8. The highest BCUT2D eigenvalue weighted by Gasteiger charge is 2.43. The summed E-state index contributed by atoms with van der Waals surface area (Å²) in [5.41, 5.74) is 0. The van der Waals surface area contributed by atoms with Crippen LogP contribution >= 0.6 is 0 Å². The largest absolute Gasteiger partial charge is 0.378 e. The third-order valence-corrected chi connectivity index (χ3v) is 29.9. The highest BCUT2D eigenvalue weighted by molar-refractivity contribution is 5.79. The molecule has 16 fully saturated rings. The van der Waals surface area contributed by atoms with Crippen LogP contribution < -0.4 is 0 Å². The molecular weight excluding hydrogens is 1440 g/mol. The third-order valence-electron chi connectivity index (χ3n) is 29.9. The molecule has 115 heavy (non-hydrogen) atoms. The standard InChI is InChI=1S/C14H28N2.C10H20N2O.2C10H18N2O.2C10H20N2.2C10H19NO.C9H15N3/c1-11(2)8-14-10-15(12(3)4)9-13-6-5-7-16(13)14;1-9(2)12-4-3-11-5-6-13-8-10(11)7-12;2*1-8(2)11-5-6-12-9(7-11)3-4-10(12)13;1-8(2)12-6-9-4-5-11(3)10(9)7-12;1-9(2)12-7-6-11-5-3-4-10(11)8-12;1-8(2)11-5-3-10-9(7-11)4-6-12-10;1-8(2)11-5-3-9-4-6-12-10(9)7-11;1-8(2)12-6-5-11-4-3-10-9(11)7-12/h11-14H,5-10H2,1-4H3;9-10H,3-8H2,1-2H3;2*8-9H,3-7H2,1-2H3;8-10H,4-7H2,1-3H3;9-10H,3-8H2,1-2H3;2*8-10H,3-7H2,1-2H3;3-4,8H,5-7H2,1-2H3. The lowest BCUT2D eigenvalue weighted by molar-refractivity contribution is -0.131. The number of hydrogen-bond acceptors (Lipinski definition) is 19. The Hall–Kier alpha value is -2.49. The van der Waals surface area contributed by atoms with Crippen molar-refractivity contribution >= 4 is 11.8 Å². The van der Waals surface area contributed by atoms with Crippen LogP contribution in [-0.2, 0) is 36.9 Å². The van der Waals surface area contributed by atoms with E-state index < -0.39 is 0 Å². The summed E-state index contributed by atoms with van der Waals surface area (Å²) in [5.74, 6) is 5.45.